The monoisotopic (exact) mass is 291 g/mol. The SMILES string of the molecule is CCC(CCO)NS(=O)(=O)c1cc(C(=O)O)oc1C. The first-order valence-electron chi connectivity index (χ1n) is 5.78. The third-order valence-electron chi connectivity index (χ3n) is 2.66. The molecule has 1 rings (SSSR count). The lowest BCUT2D eigenvalue weighted by Crippen LogP contribution is -2.35. The number of hydrogen-bond donors (Lipinski definition) is 3. The van der Waals surface area contributed by atoms with Crippen molar-refractivity contribution in [2.75, 3.05) is 6.61 Å². The molecule has 0 fully saturated rings. The van der Waals surface area contributed by atoms with E-state index in [1.54, 1.807) is 6.92 Å². The molecule has 0 amide bonds. The Morgan fingerprint density at radius 1 is 1.53 bits per heavy atom. The number of carboxylic acid groups (broad SMARTS) is 1. The molecule has 0 aliphatic rings. The topological polar surface area (TPSA) is 117 Å². The van der Waals surface area contributed by atoms with Crippen LogP contribution in [0, 0.1) is 6.92 Å². The maximum atomic E-state index is 12.1. The zero-order chi connectivity index (χ0) is 14.6. The van der Waals surface area contributed by atoms with Gasteiger partial charge in [0.1, 0.15) is 10.7 Å². The van der Waals surface area contributed by atoms with Crippen LogP contribution in [0.3, 0.4) is 0 Å². The van der Waals surface area contributed by atoms with E-state index in [4.69, 9.17) is 14.6 Å². The smallest absolute Gasteiger partial charge is 0.371 e. The number of nitrogens with one attached hydrogen (secondary N) is 1. The van der Waals surface area contributed by atoms with Crippen LogP contribution in [0.4, 0.5) is 0 Å². The number of aromatic carboxylic acids is 1. The number of rotatable bonds is 7. The summed E-state index contributed by atoms with van der Waals surface area (Å²) < 4.78 is 31.5. The number of carboxylic acids is 1. The fourth-order valence-electron chi connectivity index (χ4n) is 1.62. The van der Waals surface area contributed by atoms with E-state index in [9.17, 15) is 13.2 Å². The van der Waals surface area contributed by atoms with Gasteiger partial charge in [0.2, 0.25) is 15.8 Å². The lowest BCUT2D eigenvalue weighted by molar-refractivity contribution is 0.0661. The molecular weight excluding hydrogens is 274 g/mol. The zero-order valence-electron chi connectivity index (χ0n) is 10.7. The maximum Gasteiger partial charge on any atom is 0.371 e. The Kier molecular flexibility index (Phi) is 5.10. The standard InChI is InChI=1S/C11H17NO6S/c1-3-8(4-5-13)12-19(16,17)10-6-9(11(14)15)18-7(10)2/h6,8,12-13H,3-5H2,1-2H3,(H,14,15). The second kappa shape index (κ2) is 6.18. The van der Waals surface area contributed by atoms with Crippen LogP contribution in [-0.2, 0) is 10.0 Å². The van der Waals surface area contributed by atoms with Gasteiger partial charge in [-0.05, 0) is 19.8 Å². The molecule has 7 nitrogen and oxygen atoms in total. The average Bonchev–Trinajstić information content (AvgIpc) is 2.71. The van der Waals surface area contributed by atoms with Crippen molar-refractivity contribution in [1.82, 2.24) is 4.72 Å². The van der Waals surface area contributed by atoms with Crippen molar-refractivity contribution >= 4 is 16.0 Å². The summed E-state index contributed by atoms with van der Waals surface area (Å²) in [6, 6.07) is 0.573. The van der Waals surface area contributed by atoms with E-state index < -0.39 is 27.8 Å². The summed E-state index contributed by atoms with van der Waals surface area (Å²) in [5.41, 5.74) is 0. The number of aliphatic hydroxyl groups is 1. The minimum atomic E-state index is -3.86. The fourth-order valence-corrected chi connectivity index (χ4v) is 3.16. The van der Waals surface area contributed by atoms with Crippen molar-refractivity contribution < 1.29 is 27.8 Å². The molecule has 3 N–H and O–H groups in total. The summed E-state index contributed by atoms with van der Waals surface area (Å²) in [6.07, 6.45) is 0.806. The molecule has 0 spiro atoms. The quantitative estimate of drug-likeness (QED) is 0.681. The Hall–Kier alpha value is -1.38. The number of furan rings is 1. The summed E-state index contributed by atoms with van der Waals surface area (Å²) in [5.74, 6) is -1.73. The third-order valence-corrected chi connectivity index (χ3v) is 4.29. The van der Waals surface area contributed by atoms with Gasteiger partial charge in [-0.2, -0.15) is 0 Å². The summed E-state index contributed by atoms with van der Waals surface area (Å²) in [7, 11) is -3.86. The van der Waals surface area contributed by atoms with E-state index in [-0.39, 0.29) is 17.3 Å². The van der Waals surface area contributed by atoms with Gasteiger partial charge in [-0.1, -0.05) is 6.92 Å². The van der Waals surface area contributed by atoms with Gasteiger partial charge >= 0.3 is 5.97 Å². The van der Waals surface area contributed by atoms with Gasteiger partial charge in [0, 0.05) is 18.7 Å². The normalized spacial score (nSPS) is 13.4. The van der Waals surface area contributed by atoms with Crippen LogP contribution in [-0.4, -0.2) is 37.2 Å². The molecule has 1 unspecified atom stereocenters. The van der Waals surface area contributed by atoms with E-state index in [0.717, 1.165) is 6.07 Å². The number of carbonyl (C=O) groups is 1. The van der Waals surface area contributed by atoms with E-state index in [1.165, 1.54) is 6.92 Å². The molecule has 0 saturated heterocycles. The largest absolute Gasteiger partial charge is 0.475 e. The van der Waals surface area contributed by atoms with Crippen LogP contribution in [0.15, 0.2) is 15.4 Å². The Morgan fingerprint density at radius 2 is 2.16 bits per heavy atom. The Labute approximate surface area is 111 Å². The van der Waals surface area contributed by atoms with Gasteiger partial charge in [0.15, 0.2) is 0 Å². The molecule has 8 heteroatoms. The van der Waals surface area contributed by atoms with Crippen molar-refractivity contribution in [3.05, 3.63) is 17.6 Å². The molecular formula is C11H17NO6S. The van der Waals surface area contributed by atoms with Crippen LogP contribution in [0.5, 0.6) is 0 Å². The van der Waals surface area contributed by atoms with E-state index in [1.807, 2.05) is 0 Å². The van der Waals surface area contributed by atoms with Gasteiger partial charge in [0.05, 0.1) is 0 Å². The molecule has 0 aromatic carbocycles. The van der Waals surface area contributed by atoms with Gasteiger partial charge < -0.3 is 14.6 Å². The summed E-state index contributed by atoms with van der Waals surface area (Å²) in [4.78, 5) is 10.5. The van der Waals surface area contributed by atoms with Crippen molar-refractivity contribution in [3.8, 4) is 0 Å². The predicted molar refractivity (Wildman–Crippen MR) is 66.5 cm³/mol. The second-order valence-corrected chi connectivity index (χ2v) is 5.76. The predicted octanol–water partition coefficient (Wildman–Crippen LogP) is 0.726. The zero-order valence-corrected chi connectivity index (χ0v) is 11.5. The fraction of sp³-hybridized carbons (Fsp3) is 0.545. The van der Waals surface area contributed by atoms with E-state index >= 15 is 0 Å². The summed E-state index contributed by atoms with van der Waals surface area (Å²) >= 11 is 0. The van der Waals surface area contributed by atoms with E-state index in [0.29, 0.717) is 12.8 Å². The van der Waals surface area contributed by atoms with Crippen LogP contribution < -0.4 is 4.72 Å². The highest BCUT2D eigenvalue weighted by Crippen LogP contribution is 2.20. The molecule has 0 aliphatic heterocycles. The van der Waals surface area contributed by atoms with E-state index in [2.05, 4.69) is 4.72 Å². The first-order valence-corrected chi connectivity index (χ1v) is 7.27. The Bertz CT molecular complexity index is 548. The van der Waals surface area contributed by atoms with Crippen LogP contribution in [0.25, 0.3) is 0 Å². The van der Waals surface area contributed by atoms with Crippen LogP contribution in [0.1, 0.15) is 36.1 Å². The number of hydrogen-bond acceptors (Lipinski definition) is 5. The Morgan fingerprint density at radius 3 is 2.58 bits per heavy atom. The molecule has 1 atom stereocenters. The highest BCUT2D eigenvalue weighted by molar-refractivity contribution is 7.89. The number of aliphatic hydroxyl groups excluding tert-OH is 1. The molecule has 1 aromatic rings. The number of sulfonamides is 1. The molecule has 1 heterocycles. The van der Waals surface area contributed by atoms with Gasteiger partial charge in [-0.3, -0.25) is 0 Å². The van der Waals surface area contributed by atoms with Crippen molar-refractivity contribution in [3.63, 3.8) is 0 Å². The lowest BCUT2D eigenvalue weighted by Gasteiger charge is -2.15. The molecule has 0 aliphatic carbocycles. The van der Waals surface area contributed by atoms with Gasteiger partial charge in [-0.15, -0.1) is 0 Å². The highest BCUT2D eigenvalue weighted by Gasteiger charge is 2.25. The third kappa shape index (κ3) is 3.79. The van der Waals surface area contributed by atoms with Crippen molar-refractivity contribution in [2.45, 2.75) is 37.6 Å². The van der Waals surface area contributed by atoms with Crippen LogP contribution >= 0.6 is 0 Å². The van der Waals surface area contributed by atoms with Crippen molar-refractivity contribution in [1.29, 1.82) is 0 Å². The minimum Gasteiger partial charge on any atom is -0.475 e. The molecule has 108 valence electrons. The van der Waals surface area contributed by atoms with Crippen LogP contribution in [0.2, 0.25) is 0 Å². The number of aryl methyl sites for hydroxylation is 1. The lowest BCUT2D eigenvalue weighted by atomic mass is 10.2. The maximum absolute atomic E-state index is 12.1. The first kappa shape index (κ1) is 15.7. The Balaban J connectivity index is 3.03. The molecule has 19 heavy (non-hydrogen) atoms. The first-order chi connectivity index (χ1) is 8.81. The van der Waals surface area contributed by atoms with Crippen molar-refractivity contribution in [2.24, 2.45) is 0 Å². The molecule has 0 saturated carbocycles. The van der Waals surface area contributed by atoms with Gasteiger partial charge in [-0.25, -0.2) is 17.9 Å². The van der Waals surface area contributed by atoms with Gasteiger partial charge in [0.25, 0.3) is 0 Å². The highest BCUT2D eigenvalue weighted by atomic mass is 32.2. The summed E-state index contributed by atoms with van der Waals surface area (Å²) in [5, 5.41) is 17.6. The molecule has 0 radical (unpaired) electrons. The second-order valence-electron chi connectivity index (χ2n) is 4.07. The average molecular weight is 291 g/mol. The molecule has 0 bridgehead atoms. The summed E-state index contributed by atoms with van der Waals surface area (Å²) in [6.45, 7) is 3.04. The molecule has 1 aromatic heterocycles. The minimum absolute atomic E-state index is 0.0174.